The van der Waals surface area contributed by atoms with E-state index in [1.54, 1.807) is 54.2 Å². The van der Waals surface area contributed by atoms with Crippen LogP contribution in [0.2, 0.25) is 5.02 Å². The molecule has 6 bridgehead atoms. The normalized spacial score (nSPS) is 17.6. The number of benzene rings is 3. The second-order valence-corrected chi connectivity index (χ2v) is 15.3. The third kappa shape index (κ3) is 11.0. The van der Waals surface area contributed by atoms with Gasteiger partial charge in [-0.1, -0.05) is 55.4 Å². The van der Waals surface area contributed by atoms with E-state index < -0.39 is 24.2 Å². The predicted molar refractivity (Wildman–Crippen MR) is 202 cm³/mol. The number of hydrogen-bond acceptors (Lipinski definition) is 11. The van der Waals surface area contributed by atoms with Gasteiger partial charge in [-0.3, -0.25) is 9.59 Å². The SMILES string of the molecule is CC1(C)CNC(=O)c2ccc(cc2)Nc2nc(nc(OCC(F)(F)F)n2)NCc2ccc(c(Cl)c2)OCCCN(C(=O)CCC2Nc3ccccc3S2)C1. The van der Waals surface area contributed by atoms with Crippen LogP contribution in [0.1, 0.15) is 49.0 Å². The van der Waals surface area contributed by atoms with Crippen molar-refractivity contribution in [2.75, 3.05) is 48.8 Å². The molecule has 0 spiro atoms. The monoisotopic (exact) mass is 784 g/mol. The molecule has 5 aliphatic rings. The van der Waals surface area contributed by atoms with Crippen molar-refractivity contribution in [3.63, 3.8) is 0 Å². The van der Waals surface area contributed by atoms with Crippen molar-refractivity contribution in [1.29, 1.82) is 0 Å². The van der Waals surface area contributed by atoms with Crippen LogP contribution in [-0.2, 0) is 11.3 Å². The van der Waals surface area contributed by atoms with Crippen LogP contribution in [0.15, 0.2) is 71.6 Å². The molecule has 54 heavy (non-hydrogen) atoms. The molecular weight excluding hydrogens is 745 g/mol. The Morgan fingerprint density at radius 2 is 1.83 bits per heavy atom. The Labute approximate surface area is 320 Å². The van der Waals surface area contributed by atoms with Crippen LogP contribution >= 0.6 is 23.4 Å². The van der Waals surface area contributed by atoms with Crippen molar-refractivity contribution < 1.29 is 32.2 Å². The van der Waals surface area contributed by atoms with E-state index in [-0.39, 0.29) is 35.6 Å². The second kappa shape index (κ2) is 17.0. The van der Waals surface area contributed by atoms with Gasteiger partial charge in [0.2, 0.25) is 17.8 Å². The van der Waals surface area contributed by atoms with Crippen LogP contribution in [0.4, 0.5) is 36.4 Å². The summed E-state index contributed by atoms with van der Waals surface area (Å²) >= 11 is 8.29. The fraction of sp³-hybridized carbons (Fsp3) is 0.378. The Balaban J connectivity index is 1.18. The number of fused-ring (bicyclic) bond motifs is 1. The summed E-state index contributed by atoms with van der Waals surface area (Å²) in [7, 11) is 0. The molecule has 4 N–H and O–H groups in total. The zero-order valence-corrected chi connectivity index (χ0v) is 31.2. The van der Waals surface area contributed by atoms with Crippen molar-refractivity contribution in [2.45, 2.75) is 56.1 Å². The van der Waals surface area contributed by atoms with Gasteiger partial charge in [-0.05, 0) is 72.4 Å². The number of ether oxygens (including phenoxy) is 2. The van der Waals surface area contributed by atoms with Gasteiger partial charge in [0, 0.05) is 54.4 Å². The highest BCUT2D eigenvalue weighted by Gasteiger charge is 2.30. The number of hydrogen-bond donors (Lipinski definition) is 4. The fourth-order valence-electron chi connectivity index (χ4n) is 5.80. The standard InChI is InChI=1S/C37H40ClF3N8O4S/c1-36(2)20-43-32(51)24-9-11-25(12-10-24)44-34-46-33(47-35(48-34)53-22-37(39,40)41)42-19-23-8-13-28(26(38)18-23)52-17-5-16-49(21-36)31(50)15-14-30-45-27-6-3-4-7-29(27)54-30/h3-4,6-13,18,30,45H,5,14-17,19-22H2,1-2H3,(H,43,51)(H2,42,44,46,47,48). The Kier molecular flexibility index (Phi) is 12.2. The number of thioether (sulfide) groups is 1. The lowest BCUT2D eigenvalue weighted by atomic mass is 9.92. The summed E-state index contributed by atoms with van der Waals surface area (Å²) in [5, 5.41) is 12.8. The number of carbonyl (C=O) groups excluding carboxylic acids is 2. The molecule has 3 aromatic carbocycles. The van der Waals surface area contributed by atoms with E-state index >= 15 is 0 Å². The molecule has 1 atom stereocenters. The van der Waals surface area contributed by atoms with Gasteiger partial charge in [0.15, 0.2) is 6.61 Å². The zero-order valence-electron chi connectivity index (χ0n) is 29.6. The Morgan fingerprint density at radius 1 is 1.06 bits per heavy atom. The number of aromatic nitrogens is 3. The maximum Gasteiger partial charge on any atom is 0.422 e. The summed E-state index contributed by atoms with van der Waals surface area (Å²) in [5.41, 5.74) is 2.17. The van der Waals surface area contributed by atoms with Gasteiger partial charge in [0.25, 0.3) is 5.91 Å². The number of para-hydroxylation sites is 1. The molecule has 17 heteroatoms. The van der Waals surface area contributed by atoms with E-state index in [0.29, 0.717) is 67.5 Å². The van der Waals surface area contributed by atoms with Crippen molar-refractivity contribution >= 4 is 58.4 Å². The Morgan fingerprint density at radius 3 is 2.59 bits per heavy atom. The Bertz CT molecular complexity index is 1930. The first-order chi connectivity index (χ1) is 25.8. The maximum absolute atomic E-state index is 13.7. The van der Waals surface area contributed by atoms with Crippen molar-refractivity contribution in [1.82, 2.24) is 25.2 Å². The number of carbonyl (C=O) groups is 2. The molecule has 12 nitrogen and oxygen atoms in total. The molecule has 5 aliphatic heterocycles. The van der Waals surface area contributed by atoms with E-state index in [0.717, 1.165) is 11.3 Å². The van der Waals surface area contributed by atoms with Gasteiger partial charge in [0.1, 0.15) is 5.75 Å². The van der Waals surface area contributed by atoms with Crippen LogP contribution in [0, 0.1) is 5.41 Å². The van der Waals surface area contributed by atoms with Gasteiger partial charge in [-0.2, -0.15) is 28.1 Å². The van der Waals surface area contributed by atoms with Crippen LogP contribution in [0.25, 0.3) is 0 Å². The summed E-state index contributed by atoms with van der Waals surface area (Å²) in [6, 6.07) is 19.2. The molecular formula is C37H40ClF3N8O4S. The zero-order chi connectivity index (χ0) is 38.3. The van der Waals surface area contributed by atoms with E-state index in [9.17, 15) is 22.8 Å². The number of alkyl halides is 3. The summed E-state index contributed by atoms with van der Waals surface area (Å²) in [6.07, 6.45) is -3.05. The number of amides is 2. The molecule has 6 heterocycles. The summed E-state index contributed by atoms with van der Waals surface area (Å²) < 4.78 is 49.6. The third-order valence-corrected chi connectivity index (χ3v) is 10.00. The van der Waals surface area contributed by atoms with Crippen molar-refractivity contribution in [3.05, 3.63) is 82.9 Å². The lowest BCUT2D eigenvalue weighted by Crippen LogP contribution is -2.45. The smallest absolute Gasteiger partial charge is 0.422 e. The number of halogens is 4. The first kappa shape index (κ1) is 38.8. The number of nitrogens with zero attached hydrogens (tertiary/aromatic N) is 4. The molecule has 1 unspecified atom stereocenters. The minimum absolute atomic E-state index is 0.0227. The molecule has 1 aromatic heterocycles. The average Bonchev–Trinajstić information content (AvgIpc) is 3.56. The quantitative estimate of drug-likeness (QED) is 0.160. The summed E-state index contributed by atoms with van der Waals surface area (Å²) in [6.45, 7) is 4.02. The average molecular weight is 785 g/mol. The number of rotatable bonds is 5. The molecule has 2 amide bonds. The van der Waals surface area contributed by atoms with Crippen LogP contribution in [0.5, 0.6) is 11.8 Å². The van der Waals surface area contributed by atoms with E-state index in [1.807, 2.05) is 36.9 Å². The molecule has 9 rings (SSSR count). The van der Waals surface area contributed by atoms with Gasteiger partial charge < -0.3 is 35.6 Å². The summed E-state index contributed by atoms with van der Waals surface area (Å²) in [5.74, 6) is 0.0460. The van der Waals surface area contributed by atoms with Gasteiger partial charge in [-0.15, -0.1) is 0 Å². The molecule has 286 valence electrons. The molecule has 0 saturated carbocycles. The highest BCUT2D eigenvalue weighted by atomic mass is 35.5. The van der Waals surface area contributed by atoms with E-state index in [4.69, 9.17) is 21.1 Å². The largest absolute Gasteiger partial charge is 0.492 e. The minimum Gasteiger partial charge on any atom is -0.492 e. The van der Waals surface area contributed by atoms with Crippen LogP contribution < -0.4 is 30.7 Å². The number of nitrogens with one attached hydrogen (secondary N) is 4. The lowest BCUT2D eigenvalue weighted by molar-refractivity contribution is -0.154. The van der Waals surface area contributed by atoms with E-state index in [2.05, 4.69) is 42.3 Å². The van der Waals surface area contributed by atoms with Crippen molar-refractivity contribution in [2.24, 2.45) is 5.41 Å². The topological polar surface area (TPSA) is 143 Å². The second-order valence-electron chi connectivity index (χ2n) is 13.6. The number of anilines is 4. The third-order valence-electron chi connectivity index (χ3n) is 8.45. The first-order valence-corrected chi connectivity index (χ1v) is 18.6. The van der Waals surface area contributed by atoms with Gasteiger partial charge in [-0.25, -0.2) is 0 Å². The van der Waals surface area contributed by atoms with Gasteiger partial charge in [0.05, 0.1) is 17.0 Å². The maximum atomic E-state index is 13.7. The van der Waals surface area contributed by atoms with E-state index in [1.165, 1.54) is 4.90 Å². The molecule has 4 aromatic rings. The van der Waals surface area contributed by atoms with Crippen molar-refractivity contribution in [3.8, 4) is 11.8 Å². The summed E-state index contributed by atoms with van der Waals surface area (Å²) in [4.78, 5) is 42.2. The van der Waals surface area contributed by atoms with Gasteiger partial charge >= 0.3 is 12.2 Å². The highest BCUT2D eigenvalue weighted by molar-refractivity contribution is 8.00. The predicted octanol–water partition coefficient (Wildman–Crippen LogP) is 7.51. The highest BCUT2D eigenvalue weighted by Crippen LogP contribution is 2.39. The minimum atomic E-state index is -4.60. The first-order valence-electron chi connectivity index (χ1n) is 17.3. The fourth-order valence-corrected chi connectivity index (χ4v) is 7.20. The molecule has 0 fully saturated rings. The van der Waals surface area contributed by atoms with Crippen LogP contribution in [0.3, 0.4) is 0 Å². The molecule has 0 radical (unpaired) electrons. The van der Waals surface area contributed by atoms with Crippen LogP contribution in [-0.4, -0.2) is 76.1 Å². The Hall–Kier alpha value is -4.96. The lowest BCUT2D eigenvalue weighted by Gasteiger charge is -2.33. The molecule has 0 aliphatic carbocycles. The molecule has 0 saturated heterocycles.